The van der Waals surface area contributed by atoms with E-state index in [1.165, 1.54) is 0 Å². The van der Waals surface area contributed by atoms with Gasteiger partial charge < -0.3 is 16.0 Å². The highest BCUT2D eigenvalue weighted by Gasteiger charge is 2.18. The molecule has 0 aromatic heterocycles. The van der Waals surface area contributed by atoms with E-state index in [9.17, 15) is 9.59 Å². The van der Waals surface area contributed by atoms with Crippen molar-refractivity contribution in [3.05, 3.63) is 28.8 Å². The zero-order valence-corrected chi connectivity index (χ0v) is 15.5. The normalized spacial score (nSPS) is 11.6. The average Bonchev–Trinajstić information content (AvgIpc) is 2.47. The van der Waals surface area contributed by atoms with Crippen molar-refractivity contribution in [2.45, 2.75) is 45.7 Å². The van der Waals surface area contributed by atoms with Crippen LogP contribution in [0, 0.1) is 0 Å². The lowest BCUT2D eigenvalue weighted by molar-refractivity contribution is -0.117. The van der Waals surface area contributed by atoms with Crippen LogP contribution < -0.4 is 11.1 Å². The van der Waals surface area contributed by atoms with E-state index in [-0.39, 0.29) is 30.3 Å². The summed E-state index contributed by atoms with van der Waals surface area (Å²) in [5, 5.41) is 3.07. The number of carbonyl (C=O) groups is 2. The minimum Gasteiger partial charge on any atom is -0.339 e. The molecule has 0 aliphatic heterocycles. The molecule has 3 N–H and O–H groups in total. The minimum atomic E-state index is -0.584. The second-order valence-corrected chi connectivity index (χ2v) is 6.00. The largest absolute Gasteiger partial charge is 0.339 e. The molecule has 23 heavy (non-hydrogen) atoms. The molecule has 0 spiro atoms. The van der Waals surface area contributed by atoms with E-state index >= 15 is 0 Å². The zero-order valence-electron chi connectivity index (χ0n) is 13.9. The number of rotatable bonds is 6. The molecule has 0 heterocycles. The Morgan fingerprint density at radius 2 is 1.96 bits per heavy atom. The summed E-state index contributed by atoms with van der Waals surface area (Å²) in [6.07, 6.45) is 1.41. The maximum absolute atomic E-state index is 12.3. The van der Waals surface area contributed by atoms with Gasteiger partial charge in [0.2, 0.25) is 5.91 Å². The zero-order chi connectivity index (χ0) is 16.9. The topological polar surface area (TPSA) is 75.4 Å². The predicted octanol–water partition coefficient (Wildman–Crippen LogP) is 3.31. The molecule has 0 saturated heterocycles. The highest BCUT2D eigenvalue weighted by Crippen LogP contribution is 2.24. The van der Waals surface area contributed by atoms with Crippen LogP contribution in [0.15, 0.2) is 18.2 Å². The van der Waals surface area contributed by atoms with Crippen LogP contribution >= 0.6 is 24.0 Å². The number of nitrogens with two attached hydrogens (primary N) is 1. The molecule has 0 radical (unpaired) electrons. The van der Waals surface area contributed by atoms with Crippen molar-refractivity contribution < 1.29 is 9.59 Å². The van der Waals surface area contributed by atoms with Gasteiger partial charge in [-0.1, -0.05) is 24.9 Å². The van der Waals surface area contributed by atoms with E-state index in [1.807, 2.05) is 20.8 Å². The first-order chi connectivity index (χ1) is 10.3. The molecule has 0 aliphatic rings. The third kappa shape index (κ3) is 6.01. The maximum Gasteiger partial charge on any atom is 0.253 e. The van der Waals surface area contributed by atoms with Gasteiger partial charge in [-0.15, -0.1) is 12.4 Å². The monoisotopic (exact) mass is 361 g/mol. The van der Waals surface area contributed by atoms with E-state index in [0.717, 1.165) is 6.42 Å². The van der Waals surface area contributed by atoms with Crippen molar-refractivity contribution in [2.24, 2.45) is 5.73 Å². The first kappa shape index (κ1) is 21.7. The molecule has 2 amide bonds. The summed E-state index contributed by atoms with van der Waals surface area (Å²) in [6, 6.07) is 4.33. The molecule has 1 rings (SSSR count). The Morgan fingerprint density at radius 3 is 2.48 bits per heavy atom. The van der Waals surface area contributed by atoms with Gasteiger partial charge >= 0.3 is 0 Å². The lowest BCUT2D eigenvalue weighted by Gasteiger charge is -2.22. The smallest absolute Gasteiger partial charge is 0.253 e. The molecule has 0 saturated carbocycles. The first-order valence-corrected chi connectivity index (χ1v) is 7.78. The Morgan fingerprint density at radius 1 is 1.35 bits per heavy atom. The lowest BCUT2D eigenvalue weighted by atomic mass is 10.1. The molecular formula is C16H25Cl2N3O2. The van der Waals surface area contributed by atoms with Crippen LogP contribution in [0.1, 0.15) is 44.0 Å². The molecule has 0 fully saturated rings. The first-order valence-electron chi connectivity index (χ1n) is 7.41. The van der Waals surface area contributed by atoms with Gasteiger partial charge in [-0.2, -0.15) is 0 Å². The van der Waals surface area contributed by atoms with Gasteiger partial charge in [-0.3, -0.25) is 9.59 Å². The quantitative estimate of drug-likeness (QED) is 0.815. The maximum atomic E-state index is 12.3. The van der Waals surface area contributed by atoms with Gasteiger partial charge in [0.25, 0.3) is 5.91 Å². The Hall–Kier alpha value is -1.30. The highest BCUT2D eigenvalue weighted by molar-refractivity contribution is 6.34. The summed E-state index contributed by atoms with van der Waals surface area (Å²) in [6.45, 7) is 5.82. The molecule has 1 aromatic rings. The van der Waals surface area contributed by atoms with Gasteiger partial charge in [0, 0.05) is 18.7 Å². The summed E-state index contributed by atoms with van der Waals surface area (Å²) in [7, 11) is 1.73. The van der Waals surface area contributed by atoms with E-state index < -0.39 is 6.04 Å². The number of nitrogens with one attached hydrogen (secondary N) is 1. The summed E-state index contributed by atoms with van der Waals surface area (Å²) < 4.78 is 0. The lowest BCUT2D eigenvalue weighted by Crippen LogP contribution is -2.35. The fourth-order valence-electron chi connectivity index (χ4n) is 1.86. The molecule has 0 bridgehead atoms. The Balaban J connectivity index is 0.00000484. The number of hydrogen-bond acceptors (Lipinski definition) is 3. The predicted molar refractivity (Wildman–Crippen MR) is 97.4 cm³/mol. The van der Waals surface area contributed by atoms with Gasteiger partial charge in [-0.25, -0.2) is 0 Å². The summed E-state index contributed by atoms with van der Waals surface area (Å²) in [5.41, 5.74) is 6.66. The molecule has 1 aromatic carbocycles. The van der Waals surface area contributed by atoms with Gasteiger partial charge in [0.15, 0.2) is 0 Å². The van der Waals surface area contributed by atoms with Crippen LogP contribution in [-0.4, -0.2) is 35.8 Å². The highest BCUT2D eigenvalue weighted by atomic mass is 35.5. The number of hydrogen-bond donors (Lipinski definition) is 2. The van der Waals surface area contributed by atoms with Crippen molar-refractivity contribution in [1.82, 2.24) is 4.90 Å². The van der Waals surface area contributed by atoms with Gasteiger partial charge in [0.1, 0.15) is 0 Å². The molecule has 1 unspecified atom stereocenters. The van der Waals surface area contributed by atoms with Crippen molar-refractivity contribution in [3.8, 4) is 0 Å². The van der Waals surface area contributed by atoms with Crippen molar-refractivity contribution >= 4 is 41.5 Å². The number of halogens is 2. The van der Waals surface area contributed by atoms with Gasteiger partial charge in [0.05, 0.1) is 16.8 Å². The van der Waals surface area contributed by atoms with E-state index in [4.69, 9.17) is 17.3 Å². The van der Waals surface area contributed by atoms with Crippen LogP contribution in [0.2, 0.25) is 5.02 Å². The third-order valence-electron chi connectivity index (χ3n) is 3.50. The Bertz CT molecular complexity index is 550. The van der Waals surface area contributed by atoms with Crippen molar-refractivity contribution in [2.75, 3.05) is 12.4 Å². The molecule has 0 aliphatic carbocycles. The van der Waals surface area contributed by atoms with Crippen LogP contribution in [-0.2, 0) is 4.79 Å². The third-order valence-corrected chi connectivity index (χ3v) is 3.83. The van der Waals surface area contributed by atoms with Gasteiger partial charge in [-0.05, 0) is 38.5 Å². The summed E-state index contributed by atoms with van der Waals surface area (Å²) >= 11 is 6.09. The van der Waals surface area contributed by atoms with E-state index in [2.05, 4.69) is 5.32 Å². The molecular weight excluding hydrogens is 337 g/mol. The second-order valence-electron chi connectivity index (χ2n) is 5.59. The number of benzene rings is 1. The second kappa shape index (κ2) is 9.75. The van der Waals surface area contributed by atoms with Crippen LogP contribution in [0.4, 0.5) is 5.69 Å². The van der Waals surface area contributed by atoms with E-state index in [1.54, 1.807) is 30.1 Å². The number of nitrogens with zero attached hydrogens (tertiary/aromatic N) is 1. The summed E-state index contributed by atoms with van der Waals surface area (Å²) in [4.78, 5) is 25.9. The SMILES string of the molecule is CCCC(N)C(=O)Nc1cc(C(=O)N(C)C(C)C)ccc1Cl.Cl. The standard InChI is InChI=1S/C16H24ClN3O2.ClH/c1-5-6-13(18)15(21)19-14-9-11(7-8-12(14)17)16(22)20(4)10(2)3;/h7-10,13H,5-6,18H2,1-4H3,(H,19,21);1H. The molecule has 5 nitrogen and oxygen atoms in total. The Kier molecular flexibility index (Phi) is 9.20. The Labute approximate surface area is 149 Å². The molecule has 1 atom stereocenters. The van der Waals surface area contributed by atoms with E-state index in [0.29, 0.717) is 22.7 Å². The molecule has 130 valence electrons. The van der Waals surface area contributed by atoms with Crippen molar-refractivity contribution in [1.29, 1.82) is 0 Å². The molecule has 7 heteroatoms. The van der Waals surface area contributed by atoms with Crippen LogP contribution in [0.5, 0.6) is 0 Å². The number of amides is 2. The summed E-state index contributed by atoms with van der Waals surface area (Å²) in [5.74, 6) is -0.425. The number of carbonyl (C=O) groups excluding carboxylic acids is 2. The van der Waals surface area contributed by atoms with Crippen LogP contribution in [0.3, 0.4) is 0 Å². The van der Waals surface area contributed by atoms with Crippen molar-refractivity contribution in [3.63, 3.8) is 0 Å². The number of anilines is 1. The fraction of sp³-hybridized carbons (Fsp3) is 0.500. The average molecular weight is 362 g/mol. The fourth-order valence-corrected chi connectivity index (χ4v) is 2.02. The minimum absolute atomic E-state index is 0. The van der Waals surface area contributed by atoms with Crippen LogP contribution in [0.25, 0.3) is 0 Å².